The van der Waals surface area contributed by atoms with Crippen LogP contribution in [0.3, 0.4) is 0 Å². The van der Waals surface area contributed by atoms with Gasteiger partial charge in [0, 0.05) is 38.2 Å². The van der Waals surface area contributed by atoms with E-state index in [1.54, 1.807) is 0 Å². The third-order valence-corrected chi connectivity index (χ3v) is 5.68. The van der Waals surface area contributed by atoms with Crippen molar-refractivity contribution in [1.29, 1.82) is 0 Å². The van der Waals surface area contributed by atoms with Gasteiger partial charge < -0.3 is 10.6 Å². The molecule has 0 spiro atoms. The van der Waals surface area contributed by atoms with Crippen molar-refractivity contribution in [2.75, 3.05) is 19.6 Å². The van der Waals surface area contributed by atoms with E-state index < -0.39 is 10.0 Å². The van der Waals surface area contributed by atoms with E-state index in [0.717, 1.165) is 0 Å². The van der Waals surface area contributed by atoms with E-state index in [1.807, 2.05) is 23.1 Å². The van der Waals surface area contributed by atoms with Crippen molar-refractivity contribution in [2.45, 2.75) is 23.8 Å². The number of primary sulfonamides is 1. The molecule has 0 saturated carbocycles. The summed E-state index contributed by atoms with van der Waals surface area (Å²) in [4.78, 5) is 14.3. The Bertz CT molecular complexity index is 866. The quantitative estimate of drug-likeness (QED) is 0.740. The summed E-state index contributed by atoms with van der Waals surface area (Å²) in [6, 6.07) is 10.1. The Labute approximate surface area is 152 Å². The number of carbonyl (C=O) groups is 1. The third kappa shape index (κ3) is 4.12. The minimum absolute atomic E-state index is 0.00883. The molecule has 1 aromatic heterocycles. The molecule has 2 atom stereocenters. The molecule has 1 aliphatic rings. The van der Waals surface area contributed by atoms with Crippen LogP contribution in [0.4, 0.5) is 0 Å². The first-order valence-corrected chi connectivity index (χ1v) is 10.0. The molecule has 3 rings (SSSR count). The molecule has 9 heteroatoms. The van der Waals surface area contributed by atoms with Crippen molar-refractivity contribution in [3.05, 3.63) is 48.3 Å². The summed E-state index contributed by atoms with van der Waals surface area (Å²) in [5.41, 5.74) is 7.11. The minimum Gasteiger partial charge on any atom is -0.342 e. The molecule has 1 saturated heterocycles. The molecule has 1 aromatic carbocycles. The molecule has 2 aromatic rings. The number of hydrogen-bond acceptors (Lipinski definition) is 5. The number of aryl methyl sites for hydroxylation is 1. The Morgan fingerprint density at radius 2 is 1.96 bits per heavy atom. The molecular weight excluding hydrogens is 354 g/mol. The van der Waals surface area contributed by atoms with Crippen LogP contribution in [-0.2, 0) is 21.4 Å². The maximum atomic E-state index is 12.6. The van der Waals surface area contributed by atoms with Gasteiger partial charge in [-0.05, 0) is 18.0 Å². The Hall–Kier alpha value is -2.23. The zero-order valence-corrected chi connectivity index (χ0v) is 15.2. The summed E-state index contributed by atoms with van der Waals surface area (Å²) in [5.74, 6) is 0.485. The van der Waals surface area contributed by atoms with Crippen LogP contribution in [0.25, 0.3) is 0 Å². The van der Waals surface area contributed by atoms with Gasteiger partial charge in [0.25, 0.3) is 0 Å². The van der Waals surface area contributed by atoms with Gasteiger partial charge in [-0.3, -0.25) is 9.48 Å². The van der Waals surface area contributed by atoms with Gasteiger partial charge in [-0.2, -0.15) is 5.10 Å². The highest BCUT2D eigenvalue weighted by Gasteiger charge is 2.34. The van der Waals surface area contributed by atoms with Crippen molar-refractivity contribution < 1.29 is 13.2 Å². The first-order valence-electron chi connectivity index (χ1n) is 8.46. The number of likely N-dealkylation sites (tertiary alicyclic amines) is 1. The summed E-state index contributed by atoms with van der Waals surface area (Å²) < 4.78 is 24.0. The maximum absolute atomic E-state index is 12.6. The van der Waals surface area contributed by atoms with Crippen LogP contribution >= 0.6 is 0 Å². The normalized spacial score (nSPS) is 20.5. The lowest BCUT2D eigenvalue weighted by atomic mass is 9.89. The number of nitrogens with zero attached hydrogens (tertiary/aromatic N) is 3. The SMILES string of the molecule is NC[C@@H]1CN(C(=O)CCn2cc(S(N)(=O)=O)cn2)C[C@H]1c1ccccc1. The van der Waals surface area contributed by atoms with Gasteiger partial charge in [-0.15, -0.1) is 0 Å². The number of sulfonamides is 1. The predicted molar refractivity (Wildman–Crippen MR) is 96.5 cm³/mol. The molecule has 0 aliphatic carbocycles. The molecule has 0 radical (unpaired) electrons. The summed E-state index contributed by atoms with van der Waals surface area (Å²) in [6.07, 6.45) is 2.76. The minimum atomic E-state index is -3.78. The molecule has 26 heavy (non-hydrogen) atoms. The second kappa shape index (κ2) is 7.56. The molecule has 1 aliphatic heterocycles. The Morgan fingerprint density at radius 1 is 1.23 bits per heavy atom. The van der Waals surface area contributed by atoms with Gasteiger partial charge in [0.2, 0.25) is 15.9 Å². The fourth-order valence-corrected chi connectivity index (χ4v) is 3.84. The molecule has 0 bridgehead atoms. The number of benzene rings is 1. The number of hydrogen-bond donors (Lipinski definition) is 2. The van der Waals surface area contributed by atoms with E-state index >= 15 is 0 Å². The van der Waals surface area contributed by atoms with Crippen molar-refractivity contribution in [3.8, 4) is 0 Å². The maximum Gasteiger partial charge on any atom is 0.241 e. The number of aromatic nitrogens is 2. The van der Waals surface area contributed by atoms with Gasteiger partial charge in [-0.1, -0.05) is 30.3 Å². The zero-order valence-electron chi connectivity index (χ0n) is 14.4. The third-order valence-electron chi connectivity index (χ3n) is 4.82. The van der Waals surface area contributed by atoms with Crippen molar-refractivity contribution >= 4 is 15.9 Å². The lowest BCUT2D eigenvalue weighted by molar-refractivity contribution is -0.130. The largest absolute Gasteiger partial charge is 0.342 e. The molecule has 140 valence electrons. The zero-order chi connectivity index (χ0) is 18.7. The summed E-state index contributed by atoms with van der Waals surface area (Å²) >= 11 is 0. The molecule has 0 unspecified atom stereocenters. The second-order valence-corrected chi connectivity index (χ2v) is 8.11. The van der Waals surface area contributed by atoms with Crippen molar-refractivity contribution in [2.24, 2.45) is 16.8 Å². The fourth-order valence-electron chi connectivity index (χ4n) is 3.37. The number of amides is 1. The molecule has 1 amide bonds. The molecular formula is C17H23N5O3S. The first-order chi connectivity index (χ1) is 12.4. The van der Waals surface area contributed by atoms with E-state index in [4.69, 9.17) is 10.9 Å². The van der Waals surface area contributed by atoms with E-state index in [2.05, 4.69) is 17.2 Å². The molecule has 1 fully saturated rings. The average molecular weight is 377 g/mol. The van der Waals surface area contributed by atoms with E-state index in [1.165, 1.54) is 22.6 Å². The van der Waals surface area contributed by atoms with Crippen molar-refractivity contribution in [1.82, 2.24) is 14.7 Å². The van der Waals surface area contributed by atoms with Crippen LogP contribution < -0.4 is 10.9 Å². The number of nitrogens with two attached hydrogens (primary N) is 2. The molecule has 4 N–H and O–H groups in total. The molecule has 8 nitrogen and oxygen atoms in total. The smallest absolute Gasteiger partial charge is 0.241 e. The van der Waals surface area contributed by atoms with E-state index in [-0.39, 0.29) is 29.1 Å². The van der Waals surface area contributed by atoms with E-state index in [9.17, 15) is 13.2 Å². The first kappa shape index (κ1) is 18.6. The average Bonchev–Trinajstić information content (AvgIpc) is 3.27. The van der Waals surface area contributed by atoms with Crippen LogP contribution in [0, 0.1) is 5.92 Å². The van der Waals surface area contributed by atoms with Gasteiger partial charge >= 0.3 is 0 Å². The standard InChI is InChI=1S/C17H23N5O3S/c18-8-14-10-21(12-16(14)13-4-2-1-3-5-13)17(23)6-7-22-11-15(9-20-22)26(19,24)25/h1-5,9,11,14,16H,6-8,10,12,18H2,(H2,19,24,25)/t14-,16+/m1/s1. The number of carbonyl (C=O) groups excluding carboxylic acids is 1. The summed E-state index contributed by atoms with van der Waals surface area (Å²) in [6.45, 7) is 2.11. The highest BCUT2D eigenvalue weighted by Crippen LogP contribution is 2.32. The van der Waals surface area contributed by atoms with E-state index in [0.29, 0.717) is 26.2 Å². The van der Waals surface area contributed by atoms with Crippen LogP contribution in [0.15, 0.2) is 47.6 Å². The monoisotopic (exact) mass is 377 g/mol. The predicted octanol–water partition coefficient (Wildman–Crippen LogP) is 0.122. The highest BCUT2D eigenvalue weighted by molar-refractivity contribution is 7.89. The highest BCUT2D eigenvalue weighted by atomic mass is 32.2. The van der Waals surface area contributed by atoms with Gasteiger partial charge in [0.1, 0.15) is 4.90 Å². The van der Waals surface area contributed by atoms with Crippen molar-refractivity contribution in [3.63, 3.8) is 0 Å². The Morgan fingerprint density at radius 3 is 2.58 bits per heavy atom. The summed E-state index contributed by atoms with van der Waals surface area (Å²) in [5, 5.41) is 9.00. The summed E-state index contributed by atoms with van der Waals surface area (Å²) in [7, 11) is -3.78. The van der Waals surface area contributed by atoms with Gasteiger partial charge in [0.05, 0.1) is 6.20 Å². The lowest BCUT2D eigenvalue weighted by Crippen LogP contribution is -2.30. The second-order valence-electron chi connectivity index (χ2n) is 6.55. The van der Waals surface area contributed by atoms with Crippen LogP contribution in [0.1, 0.15) is 17.9 Å². The van der Waals surface area contributed by atoms with Crippen LogP contribution in [0.5, 0.6) is 0 Å². The molecule has 2 heterocycles. The topological polar surface area (TPSA) is 124 Å². The fraction of sp³-hybridized carbons (Fsp3) is 0.412. The van der Waals surface area contributed by atoms with Gasteiger partial charge in [-0.25, -0.2) is 13.6 Å². The lowest BCUT2D eigenvalue weighted by Gasteiger charge is -2.17. The van der Waals surface area contributed by atoms with Gasteiger partial charge in [0.15, 0.2) is 0 Å². The Balaban J connectivity index is 1.61. The van der Waals surface area contributed by atoms with Crippen LogP contribution in [-0.4, -0.2) is 48.6 Å². The van der Waals surface area contributed by atoms with Crippen LogP contribution in [0.2, 0.25) is 0 Å². The Kier molecular flexibility index (Phi) is 5.40. The number of rotatable bonds is 6.